The summed E-state index contributed by atoms with van der Waals surface area (Å²) in [6.45, 7) is 1.48. The summed E-state index contributed by atoms with van der Waals surface area (Å²) in [6, 6.07) is 2.01. The zero-order chi connectivity index (χ0) is 15.1. The van der Waals surface area contributed by atoms with Crippen LogP contribution in [0.5, 0.6) is 0 Å². The van der Waals surface area contributed by atoms with E-state index < -0.39 is 23.5 Å². The number of aromatic carboxylic acids is 1. The predicted molar refractivity (Wildman–Crippen MR) is 64.2 cm³/mol. The molecular weight excluding hydrogens is 298 g/mol. The van der Waals surface area contributed by atoms with Crippen LogP contribution in [0, 0.1) is 12.7 Å². The number of aryl methyl sites for hydroxylation is 1. The second-order valence-electron chi connectivity index (χ2n) is 3.96. The average molecular weight is 305 g/mol. The minimum Gasteiger partial charge on any atom is -0.476 e. The summed E-state index contributed by atoms with van der Waals surface area (Å²) in [4.78, 5) is 14.9. The van der Waals surface area contributed by atoms with Crippen LogP contribution in [0.4, 0.5) is 17.6 Å². The van der Waals surface area contributed by atoms with E-state index in [4.69, 9.17) is 5.11 Å². The first-order chi connectivity index (χ1) is 9.18. The van der Waals surface area contributed by atoms with Crippen molar-refractivity contribution in [3.05, 3.63) is 40.2 Å². The second-order valence-corrected chi connectivity index (χ2v) is 5.16. The zero-order valence-electron chi connectivity index (χ0n) is 9.95. The molecule has 0 bridgehead atoms. The first kappa shape index (κ1) is 14.4. The van der Waals surface area contributed by atoms with Gasteiger partial charge < -0.3 is 5.11 Å². The summed E-state index contributed by atoms with van der Waals surface area (Å²) < 4.78 is 51.1. The van der Waals surface area contributed by atoms with Gasteiger partial charge in [0.2, 0.25) is 0 Å². The monoisotopic (exact) mass is 305 g/mol. The third-order valence-corrected chi connectivity index (χ3v) is 3.49. The standard InChI is InChI=1S/C12H7F4NO2S/c1-5-9(11(18)19)17-10(20-5)6-2-7(12(14,15)16)4-8(13)3-6/h2-4H,1H3,(H,18,19). The van der Waals surface area contributed by atoms with Gasteiger partial charge in [0.05, 0.1) is 5.56 Å². The van der Waals surface area contributed by atoms with Crippen LogP contribution in [0.2, 0.25) is 0 Å². The highest BCUT2D eigenvalue weighted by Crippen LogP contribution is 2.35. The molecule has 8 heteroatoms. The zero-order valence-corrected chi connectivity index (χ0v) is 10.8. The van der Waals surface area contributed by atoms with Gasteiger partial charge in [0.25, 0.3) is 0 Å². The van der Waals surface area contributed by atoms with Crippen LogP contribution in [0.25, 0.3) is 10.6 Å². The van der Waals surface area contributed by atoms with Crippen LogP contribution >= 0.6 is 11.3 Å². The molecule has 0 aliphatic heterocycles. The average Bonchev–Trinajstić information content (AvgIpc) is 2.69. The summed E-state index contributed by atoms with van der Waals surface area (Å²) >= 11 is 0.898. The Balaban J connectivity index is 2.56. The van der Waals surface area contributed by atoms with Crippen molar-refractivity contribution >= 4 is 17.3 Å². The van der Waals surface area contributed by atoms with Crippen LogP contribution in [-0.2, 0) is 6.18 Å². The maximum Gasteiger partial charge on any atom is 0.416 e. The quantitative estimate of drug-likeness (QED) is 0.854. The fourth-order valence-electron chi connectivity index (χ4n) is 1.60. The Kier molecular flexibility index (Phi) is 3.51. The normalized spacial score (nSPS) is 11.7. The molecule has 1 aromatic heterocycles. The van der Waals surface area contributed by atoms with Crippen molar-refractivity contribution in [3.8, 4) is 10.6 Å². The highest BCUT2D eigenvalue weighted by atomic mass is 32.1. The number of thiazole rings is 1. The van der Waals surface area contributed by atoms with Gasteiger partial charge in [0.1, 0.15) is 10.8 Å². The number of aromatic nitrogens is 1. The topological polar surface area (TPSA) is 50.2 Å². The number of hydrogen-bond donors (Lipinski definition) is 1. The molecule has 0 unspecified atom stereocenters. The minimum absolute atomic E-state index is 0.0323. The number of carbonyl (C=O) groups is 1. The maximum absolute atomic E-state index is 13.3. The van der Waals surface area contributed by atoms with Gasteiger partial charge in [-0.15, -0.1) is 11.3 Å². The fourth-order valence-corrected chi connectivity index (χ4v) is 2.49. The number of rotatable bonds is 2. The summed E-state index contributed by atoms with van der Waals surface area (Å²) in [6.07, 6.45) is -4.68. The lowest BCUT2D eigenvalue weighted by Crippen LogP contribution is -2.05. The van der Waals surface area contributed by atoms with Gasteiger partial charge in [-0.05, 0) is 25.1 Å². The molecule has 0 saturated carbocycles. The molecular formula is C12H7F4NO2S. The van der Waals surface area contributed by atoms with Gasteiger partial charge in [-0.3, -0.25) is 0 Å². The van der Waals surface area contributed by atoms with Crippen molar-refractivity contribution in [2.45, 2.75) is 13.1 Å². The van der Waals surface area contributed by atoms with E-state index in [1.54, 1.807) is 0 Å². The van der Waals surface area contributed by atoms with Crippen LogP contribution in [-0.4, -0.2) is 16.1 Å². The highest BCUT2D eigenvalue weighted by molar-refractivity contribution is 7.15. The summed E-state index contributed by atoms with van der Waals surface area (Å²) in [5.74, 6) is -2.34. The first-order valence-electron chi connectivity index (χ1n) is 5.27. The molecule has 0 saturated heterocycles. The molecule has 0 amide bonds. The molecule has 0 atom stereocenters. The Hall–Kier alpha value is -1.96. The van der Waals surface area contributed by atoms with Gasteiger partial charge >= 0.3 is 12.1 Å². The van der Waals surface area contributed by atoms with Gasteiger partial charge in [0, 0.05) is 10.4 Å². The van der Waals surface area contributed by atoms with Crippen molar-refractivity contribution in [1.82, 2.24) is 4.98 Å². The molecule has 0 aliphatic rings. The van der Waals surface area contributed by atoms with Crippen LogP contribution in [0.1, 0.15) is 20.9 Å². The van der Waals surface area contributed by atoms with E-state index in [0.717, 1.165) is 23.5 Å². The van der Waals surface area contributed by atoms with Crippen LogP contribution < -0.4 is 0 Å². The number of nitrogens with zero attached hydrogens (tertiary/aromatic N) is 1. The molecule has 0 spiro atoms. The van der Waals surface area contributed by atoms with Crippen molar-refractivity contribution in [2.24, 2.45) is 0 Å². The third kappa shape index (κ3) is 2.79. The van der Waals surface area contributed by atoms with Gasteiger partial charge in [-0.25, -0.2) is 14.2 Å². The van der Waals surface area contributed by atoms with Crippen molar-refractivity contribution in [1.29, 1.82) is 0 Å². The predicted octanol–water partition coefficient (Wildman–Crippen LogP) is 3.97. The molecule has 1 heterocycles. The molecule has 0 fully saturated rings. The van der Waals surface area contributed by atoms with E-state index in [2.05, 4.69) is 4.98 Å². The first-order valence-corrected chi connectivity index (χ1v) is 6.09. The smallest absolute Gasteiger partial charge is 0.416 e. The highest BCUT2D eigenvalue weighted by Gasteiger charge is 2.31. The lowest BCUT2D eigenvalue weighted by Gasteiger charge is -2.08. The van der Waals surface area contributed by atoms with E-state index >= 15 is 0 Å². The molecule has 0 radical (unpaired) electrons. The van der Waals surface area contributed by atoms with Crippen molar-refractivity contribution in [3.63, 3.8) is 0 Å². The number of alkyl halides is 3. The summed E-state index contributed by atoms with van der Waals surface area (Å²) in [5, 5.41) is 8.89. The van der Waals surface area contributed by atoms with Gasteiger partial charge in [-0.1, -0.05) is 0 Å². The van der Waals surface area contributed by atoms with Crippen LogP contribution in [0.15, 0.2) is 18.2 Å². The second kappa shape index (κ2) is 4.86. The van der Waals surface area contributed by atoms with Gasteiger partial charge in [0.15, 0.2) is 5.69 Å². The molecule has 0 aliphatic carbocycles. The van der Waals surface area contributed by atoms with E-state index in [1.807, 2.05) is 0 Å². The van der Waals surface area contributed by atoms with E-state index in [0.29, 0.717) is 10.9 Å². The SMILES string of the molecule is Cc1sc(-c2cc(F)cc(C(F)(F)F)c2)nc1C(=O)O. The maximum atomic E-state index is 13.3. The summed E-state index contributed by atoms with van der Waals surface area (Å²) in [7, 11) is 0. The van der Waals surface area contributed by atoms with E-state index in [9.17, 15) is 22.4 Å². The molecule has 1 aromatic carbocycles. The Labute approximate surface area is 114 Å². The Bertz CT molecular complexity index is 679. The fraction of sp³-hybridized carbons (Fsp3) is 0.167. The van der Waals surface area contributed by atoms with Crippen LogP contribution in [0.3, 0.4) is 0 Å². The van der Waals surface area contributed by atoms with E-state index in [-0.39, 0.29) is 16.3 Å². The molecule has 3 nitrogen and oxygen atoms in total. The lowest BCUT2D eigenvalue weighted by molar-refractivity contribution is -0.137. The summed E-state index contributed by atoms with van der Waals surface area (Å²) in [5.41, 5.74) is -1.49. The van der Waals surface area contributed by atoms with E-state index in [1.165, 1.54) is 6.92 Å². The lowest BCUT2D eigenvalue weighted by atomic mass is 10.1. The number of hydrogen-bond acceptors (Lipinski definition) is 3. The molecule has 1 N–H and O–H groups in total. The number of carboxylic acids is 1. The number of halogens is 4. The molecule has 106 valence electrons. The minimum atomic E-state index is -4.68. The Morgan fingerprint density at radius 1 is 1.30 bits per heavy atom. The molecule has 20 heavy (non-hydrogen) atoms. The number of benzene rings is 1. The van der Waals surface area contributed by atoms with Crippen molar-refractivity contribution in [2.75, 3.05) is 0 Å². The number of carboxylic acid groups (broad SMARTS) is 1. The Morgan fingerprint density at radius 3 is 2.45 bits per heavy atom. The molecule has 2 rings (SSSR count). The third-order valence-electron chi connectivity index (χ3n) is 2.47. The largest absolute Gasteiger partial charge is 0.476 e. The molecule has 2 aromatic rings. The van der Waals surface area contributed by atoms with Gasteiger partial charge in [-0.2, -0.15) is 13.2 Å². The Morgan fingerprint density at radius 2 is 1.95 bits per heavy atom. The van der Waals surface area contributed by atoms with Crippen molar-refractivity contribution < 1.29 is 27.5 Å².